The first kappa shape index (κ1) is 16.5. The van der Waals surface area contributed by atoms with Gasteiger partial charge < -0.3 is 14.8 Å². The third kappa shape index (κ3) is 4.85. The molecule has 2 rings (SSSR count). The summed E-state index contributed by atoms with van der Waals surface area (Å²) in [5, 5.41) is 2.53. The summed E-state index contributed by atoms with van der Waals surface area (Å²) in [6.45, 7) is 2.34. The third-order valence-corrected chi connectivity index (χ3v) is 3.48. The van der Waals surface area contributed by atoms with E-state index < -0.39 is 12.2 Å². The van der Waals surface area contributed by atoms with Crippen LogP contribution >= 0.6 is 0 Å². The Morgan fingerprint density at radius 1 is 1.00 bits per heavy atom. The van der Waals surface area contributed by atoms with Gasteiger partial charge in [-0.05, 0) is 22.6 Å². The summed E-state index contributed by atoms with van der Waals surface area (Å²) in [7, 11) is 1.15. The van der Waals surface area contributed by atoms with Gasteiger partial charge in [-0.1, -0.05) is 61.5 Å². The highest BCUT2D eigenvalue weighted by molar-refractivity contribution is 5.80. The van der Waals surface area contributed by atoms with Crippen LogP contribution in [0.25, 0.3) is 11.1 Å². The summed E-state index contributed by atoms with van der Waals surface area (Å²) in [5.74, 6) is 0.0880. The van der Waals surface area contributed by atoms with E-state index in [9.17, 15) is 9.59 Å². The van der Waals surface area contributed by atoms with Gasteiger partial charge in [0.25, 0.3) is 0 Å². The maximum absolute atomic E-state index is 11.4. The predicted octanol–water partition coefficient (Wildman–Crippen LogP) is 3.95. The topological polar surface area (TPSA) is 64.6 Å². The number of nitrogens with one attached hydrogen (secondary N) is 1. The smallest absolute Gasteiger partial charge is 0.437 e. The fourth-order valence-corrected chi connectivity index (χ4v) is 2.14. The fraction of sp³-hybridized carbons (Fsp3) is 0.222. The molecule has 0 saturated heterocycles. The average molecular weight is 313 g/mol. The molecule has 0 aliphatic rings. The highest BCUT2D eigenvalue weighted by Crippen LogP contribution is 2.22. The monoisotopic (exact) mass is 313 g/mol. The minimum absolute atomic E-state index is 0.0880. The molecule has 23 heavy (non-hydrogen) atoms. The molecule has 0 fully saturated rings. The molecule has 2 aromatic rings. The Kier molecular flexibility index (Phi) is 5.74. The molecule has 0 saturated carbocycles. The van der Waals surface area contributed by atoms with Crippen molar-refractivity contribution in [3.63, 3.8) is 0 Å². The number of rotatable bonds is 4. The second-order valence-corrected chi connectivity index (χ2v) is 5.11. The quantitative estimate of drug-likeness (QED) is 0.685. The molecule has 2 aromatic carbocycles. The number of ether oxygens (including phenoxy) is 2. The molecule has 5 heteroatoms. The first-order chi connectivity index (χ1) is 11.1. The van der Waals surface area contributed by atoms with Crippen molar-refractivity contribution >= 4 is 12.2 Å². The van der Waals surface area contributed by atoms with E-state index in [1.165, 1.54) is 0 Å². The van der Waals surface area contributed by atoms with E-state index in [4.69, 9.17) is 0 Å². The molecular formula is C18H19NO4. The summed E-state index contributed by atoms with van der Waals surface area (Å²) in [6, 6.07) is 18.3. The second kappa shape index (κ2) is 7.98. The molecule has 0 bridgehead atoms. The number of hydrogen-bond donors (Lipinski definition) is 1. The maximum Gasteiger partial charge on any atom is 0.517 e. The lowest BCUT2D eigenvalue weighted by Gasteiger charge is -2.13. The highest BCUT2D eigenvalue weighted by atomic mass is 16.7. The van der Waals surface area contributed by atoms with Gasteiger partial charge >= 0.3 is 12.2 Å². The van der Waals surface area contributed by atoms with E-state index in [1.54, 1.807) is 0 Å². The van der Waals surface area contributed by atoms with Crippen LogP contribution in [-0.2, 0) is 9.47 Å². The van der Waals surface area contributed by atoms with Crippen LogP contribution in [-0.4, -0.2) is 25.9 Å². The van der Waals surface area contributed by atoms with Crippen molar-refractivity contribution in [2.75, 3.05) is 13.7 Å². The Morgan fingerprint density at radius 3 is 2.22 bits per heavy atom. The Balaban J connectivity index is 1.91. The van der Waals surface area contributed by atoms with Crippen LogP contribution in [0.2, 0.25) is 0 Å². The van der Waals surface area contributed by atoms with Gasteiger partial charge in [-0.15, -0.1) is 0 Å². The molecule has 5 nitrogen and oxygen atoms in total. The minimum atomic E-state index is -1.03. The Bertz CT molecular complexity index is 652. The molecule has 1 unspecified atom stereocenters. The van der Waals surface area contributed by atoms with Gasteiger partial charge in [-0.3, -0.25) is 0 Å². The maximum atomic E-state index is 11.4. The van der Waals surface area contributed by atoms with E-state index in [2.05, 4.69) is 26.9 Å². The Hall–Kier alpha value is -2.82. The number of carbonyl (C=O) groups excluding carboxylic acids is 2. The molecule has 0 aliphatic carbocycles. The number of amides is 1. The highest BCUT2D eigenvalue weighted by Gasteiger charge is 2.12. The van der Waals surface area contributed by atoms with E-state index in [1.807, 2.05) is 49.4 Å². The van der Waals surface area contributed by atoms with E-state index in [0.717, 1.165) is 23.8 Å². The second-order valence-electron chi connectivity index (χ2n) is 5.11. The summed E-state index contributed by atoms with van der Waals surface area (Å²) < 4.78 is 8.60. The van der Waals surface area contributed by atoms with E-state index in [-0.39, 0.29) is 5.92 Å². The minimum Gasteiger partial charge on any atom is -0.437 e. The number of carbonyl (C=O) groups is 2. The van der Waals surface area contributed by atoms with Gasteiger partial charge in [0.15, 0.2) is 0 Å². The van der Waals surface area contributed by atoms with E-state index in [0.29, 0.717) is 6.54 Å². The number of benzene rings is 2. The number of alkyl carbamates (subject to hydrolysis) is 1. The molecule has 0 aromatic heterocycles. The molecule has 120 valence electrons. The zero-order chi connectivity index (χ0) is 16.7. The molecule has 1 amide bonds. The van der Waals surface area contributed by atoms with Crippen LogP contribution in [0, 0.1) is 0 Å². The molecular weight excluding hydrogens is 294 g/mol. The zero-order valence-corrected chi connectivity index (χ0v) is 13.1. The van der Waals surface area contributed by atoms with Crippen molar-refractivity contribution in [3.05, 3.63) is 60.2 Å². The molecule has 1 N–H and O–H groups in total. The standard InChI is InChI=1S/C18H19NO4/c1-13(12-19-17(20)23-18(21)22-2)14-8-10-16(11-9-14)15-6-4-3-5-7-15/h3-11,13H,12H2,1-2H3,(H,19,20). The van der Waals surface area contributed by atoms with Crippen molar-refractivity contribution in [1.82, 2.24) is 5.32 Å². The normalized spacial score (nSPS) is 11.4. The molecule has 0 aliphatic heterocycles. The van der Waals surface area contributed by atoms with Gasteiger partial charge in [0.2, 0.25) is 0 Å². The molecule has 0 spiro atoms. The largest absolute Gasteiger partial charge is 0.517 e. The number of methoxy groups -OCH3 is 1. The molecule has 1 atom stereocenters. The summed E-state index contributed by atoms with van der Waals surface area (Å²) >= 11 is 0. The van der Waals surface area contributed by atoms with Crippen molar-refractivity contribution in [3.8, 4) is 11.1 Å². The summed E-state index contributed by atoms with van der Waals surface area (Å²) in [5.41, 5.74) is 3.38. The van der Waals surface area contributed by atoms with Gasteiger partial charge in [0.1, 0.15) is 0 Å². The lowest BCUT2D eigenvalue weighted by molar-refractivity contribution is 0.0919. The number of hydrogen-bond acceptors (Lipinski definition) is 4. The van der Waals surface area contributed by atoms with Crippen LogP contribution in [0.15, 0.2) is 54.6 Å². The first-order valence-electron chi connectivity index (χ1n) is 7.29. The molecule has 0 radical (unpaired) electrons. The zero-order valence-electron chi connectivity index (χ0n) is 13.1. The summed E-state index contributed by atoms with van der Waals surface area (Å²) in [6.07, 6.45) is -1.84. The van der Waals surface area contributed by atoms with Gasteiger partial charge in [-0.2, -0.15) is 0 Å². The van der Waals surface area contributed by atoms with Crippen LogP contribution in [0.5, 0.6) is 0 Å². The lowest BCUT2D eigenvalue weighted by atomic mass is 9.97. The van der Waals surface area contributed by atoms with Crippen LogP contribution in [0.3, 0.4) is 0 Å². The predicted molar refractivity (Wildman–Crippen MR) is 87.2 cm³/mol. The molecule has 0 heterocycles. The first-order valence-corrected chi connectivity index (χ1v) is 7.29. The van der Waals surface area contributed by atoms with Gasteiger partial charge in [0, 0.05) is 6.54 Å². The Labute approximate surface area is 135 Å². The van der Waals surface area contributed by atoms with Gasteiger partial charge in [0.05, 0.1) is 7.11 Å². The van der Waals surface area contributed by atoms with Crippen LogP contribution < -0.4 is 5.32 Å². The van der Waals surface area contributed by atoms with E-state index >= 15 is 0 Å². The average Bonchev–Trinajstić information content (AvgIpc) is 2.60. The van der Waals surface area contributed by atoms with Crippen LogP contribution in [0.1, 0.15) is 18.4 Å². The third-order valence-electron chi connectivity index (χ3n) is 3.48. The van der Waals surface area contributed by atoms with Crippen LogP contribution in [0.4, 0.5) is 9.59 Å². The SMILES string of the molecule is COC(=O)OC(=O)NCC(C)c1ccc(-c2ccccc2)cc1. The summed E-state index contributed by atoms with van der Waals surface area (Å²) in [4.78, 5) is 22.2. The fourth-order valence-electron chi connectivity index (χ4n) is 2.14. The van der Waals surface area contributed by atoms with Gasteiger partial charge in [-0.25, -0.2) is 9.59 Å². The van der Waals surface area contributed by atoms with Crippen molar-refractivity contribution < 1.29 is 19.1 Å². The van der Waals surface area contributed by atoms with Crippen molar-refractivity contribution in [1.29, 1.82) is 0 Å². The lowest BCUT2D eigenvalue weighted by Crippen LogP contribution is -2.30. The van der Waals surface area contributed by atoms with Crippen molar-refractivity contribution in [2.45, 2.75) is 12.8 Å². The van der Waals surface area contributed by atoms with Crippen molar-refractivity contribution in [2.24, 2.45) is 0 Å². The Morgan fingerprint density at radius 2 is 1.61 bits per heavy atom.